The Kier molecular flexibility index (Phi) is 15.6. The van der Waals surface area contributed by atoms with Crippen LogP contribution >= 0.6 is 0 Å². The molecule has 5 aromatic heterocycles. The van der Waals surface area contributed by atoms with Crippen LogP contribution in [0, 0.1) is 138 Å². The molecule has 5 nitrogen and oxygen atoms in total. The third-order valence-corrected chi connectivity index (χ3v) is 19.7. The first kappa shape index (κ1) is 58.6. The van der Waals surface area contributed by atoms with Crippen molar-refractivity contribution in [3.05, 3.63) is 259 Å². The van der Waals surface area contributed by atoms with E-state index in [1.807, 2.05) is 0 Å². The zero-order valence-corrected chi connectivity index (χ0v) is 54.4. The number of hydrogen-bond acceptors (Lipinski definition) is 5. The zero-order valence-electron chi connectivity index (χ0n) is 54.4. The molecule has 0 saturated heterocycles. The fraction of sp³-hybridized carbons (Fsp3) is 0.312. The molecule has 430 valence electrons. The molecule has 5 heterocycles. The van der Waals surface area contributed by atoms with Crippen LogP contribution in [0.15, 0.2) is 91.0 Å². The standard InChI is InChI=1S/5C16H17N/c1-9-5-13-8-16-15(14(13)6-10(9)2)7-11(3)12(4)17-16;1-9-5-11(3)16-13(6-9)8-15-14(16)7-10(2)12(4)17-15;1-9-5-6-13-8-15-14(16(13)11(9)3)7-10(2)12(4)17-15;1-9-5-6-10(2)16-13(9)8-15-14(16)7-11(3)12(4)17-15;1-9-6-5-7-13-14(9)8-15-16(13)11(3)10(2)12(4)17-15/h5*5-7H,8H2,1-4H3. The van der Waals surface area contributed by atoms with Crippen molar-refractivity contribution >= 4 is 0 Å². The lowest BCUT2D eigenvalue weighted by atomic mass is 9.96. The molecule has 0 radical (unpaired) electrons. The average molecular weight is 1120 g/mol. The van der Waals surface area contributed by atoms with E-state index in [2.05, 4.69) is 229 Å². The Morgan fingerprint density at radius 3 is 1.32 bits per heavy atom. The highest BCUT2D eigenvalue weighted by Gasteiger charge is 2.28. The quantitative estimate of drug-likeness (QED) is 0.151. The lowest BCUT2D eigenvalue weighted by Gasteiger charge is -2.10. The molecule has 0 unspecified atom stereocenters. The van der Waals surface area contributed by atoms with Gasteiger partial charge in [-0.2, -0.15) is 0 Å². The van der Waals surface area contributed by atoms with Gasteiger partial charge in [-0.1, -0.05) is 72.3 Å². The van der Waals surface area contributed by atoms with Crippen molar-refractivity contribution in [1.82, 2.24) is 24.9 Å². The minimum absolute atomic E-state index is 0.993. The van der Waals surface area contributed by atoms with Crippen molar-refractivity contribution in [1.29, 1.82) is 0 Å². The second-order valence-corrected chi connectivity index (χ2v) is 25.6. The van der Waals surface area contributed by atoms with E-state index in [-0.39, 0.29) is 0 Å². The number of aryl methyl sites for hydroxylation is 17. The van der Waals surface area contributed by atoms with Crippen molar-refractivity contribution in [2.24, 2.45) is 0 Å². The first-order valence-corrected chi connectivity index (χ1v) is 30.7. The summed E-state index contributed by atoms with van der Waals surface area (Å²) in [5.41, 5.74) is 53.4. The van der Waals surface area contributed by atoms with Gasteiger partial charge in [0.2, 0.25) is 0 Å². The Hall–Kier alpha value is -8.15. The summed E-state index contributed by atoms with van der Waals surface area (Å²) in [6.07, 6.45) is 4.98. The second-order valence-electron chi connectivity index (χ2n) is 25.6. The van der Waals surface area contributed by atoms with Crippen molar-refractivity contribution in [3.8, 4) is 55.6 Å². The minimum Gasteiger partial charge on any atom is -0.257 e. The van der Waals surface area contributed by atoms with Gasteiger partial charge in [0.25, 0.3) is 0 Å². The van der Waals surface area contributed by atoms with Crippen LogP contribution in [-0.4, -0.2) is 24.9 Å². The highest BCUT2D eigenvalue weighted by molar-refractivity contribution is 5.83. The summed E-state index contributed by atoms with van der Waals surface area (Å²) in [5.74, 6) is 0. The third-order valence-electron chi connectivity index (χ3n) is 19.7. The second kappa shape index (κ2) is 22.7. The zero-order chi connectivity index (χ0) is 60.8. The largest absolute Gasteiger partial charge is 0.257 e. The molecule has 0 aliphatic heterocycles. The Balaban J connectivity index is 0.000000111. The molecule has 15 rings (SSSR count). The smallest absolute Gasteiger partial charge is 0.0532 e. The minimum atomic E-state index is 0.993. The molecule has 85 heavy (non-hydrogen) atoms. The topological polar surface area (TPSA) is 64.5 Å². The van der Waals surface area contributed by atoms with Gasteiger partial charge in [0.05, 0.1) is 28.5 Å². The van der Waals surface area contributed by atoms with Crippen LogP contribution < -0.4 is 0 Å². The molecule has 0 atom stereocenters. The molecule has 0 amide bonds. The van der Waals surface area contributed by atoms with E-state index in [1.54, 1.807) is 0 Å². The average Bonchev–Trinajstić information content (AvgIpc) is 2.04. The molecular weight excluding hydrogens is 1030 g/mol. The summed E-state index contributed by atoms with van der Waals surface area (Å²) >= 11 is 0. The highest BCUT2D eigenvalue weighted by Crippen LogP contribution is 2.44. The summed E-state index contributed by atoms with van der Waals surface area (Å²) in [6.45, 7) is 43.2. The van der Waals surface area contributed by atoms with Gasteiger partial charge in [-0.3, -0.25) is 24.9 Å². The van der Waals surface area contributed by atoms with Crippen molar-refractivity contribution in [2.75, 3.05) is 0 Å². The van der Waals surface area contributed by atoms with E-state index in [9.17, 15) is 0 Å². The monoisotopic (exact) mass is 1120 g/mol. The van der Waals surface area contributed by atoms with Gasteiger partial charge >= 0.3 is 0 Å². The lowest BCUT2D eigenvalue weighted by molar-refractivity contribution is 1.03. The van der Waals surface area contributed by atoms with E-state index < -0.39 is 0 Å². The van der Waals surface area contributed by atoms with Crippen LogP contribution in [0.5, 0.6) is 0 Å². The molecule has 5 aliphatic rings. The summed E-state index contributed by atoms with van der Waals surface area (Å²) in [5, 5.41) is 0. The van der Waals surface area contributed by atoms with Crippen molar-refractivity contribution in [3.63, 3.8) is 0 Å². The molecule has 0 spiro atoms. The van der Waals surface area contributed by atoms with E-state index in [0.29, 0.717) is 0 Å². The molecule has 0 saturated carbocycles. The summed E-state index contributed by atoms with van der Waals surface area (Å²) in [7, 11) is 0. The highest BCUT2D eigenvalue weighted by atomic mass is 14.8. The van der Waals surface area contributed by atoms with Gasteiger partial charge in [0, 0.05) is 88.4 Å². The van der Waals surface area contributed by atoms with Gasteiger partial charge in [-0.15, -0.1) is 0 Å². The number of pyridine rings is 5. The predicted molar refractivity (Wildman–Crippen MR) is 357 cm³/mol. The van der Waals surface area contributed by atoms with Crippen LogP contribution in [0.3, 0.4) is 0 Å². The third kappa shape index (κ3) is 10.8. The molecule has 10 aromatic rings. The van der Waals surface area contributed by atoms with E-state index >= 15 is 0 Å². The van der Waals surface area contributed by atoms with Crippen LogP contribution in [0.2, 0.25) is 0 Å². The van der Waals surface area contributed by atoms with Crippen LogP contribution in [0.25, 0.3) is 55.6 Å². The van der Waals surface area contributed by atoms with Crippen LogP contribution in [0.4, 0.5) is 0 Å². The Morgan fingerprint density at radius 1 is 0.235 bits per heavy atom. The number of aromatic nitrogens is 5. The predicted octanol–water partition coefficient (Wildman–Crippen LogP) is 19.4. The van der Waals surface area contributed by atoms with Crippen LogP contribution in [-0.2, 0) is 32.1 Å². The number of nitrogens with zero attached hydrogens (tertiary/aromatic N) is 5. The molecule has 5 aliphatic carbocycles. The van der Waals surface area contributed by atoms with Gasteiger partial charge in [0.1, 0.15) is 0 Å². The van der Waals surface area contributed by atoms with E-state index in [0.717, 1.165) is 54.9 Å². The maximum atomic E-state index is 4.77. The number of benzene rings is 5. The van der Waals surface area contributed by atoms with Gasteiger partial charge in [0.15, 0.2) is 0 Å². The first-order valence-electron chi connectivity index (χ1n) is 30.7. The maximum absolute atomic E-state index is 4.77. The number of rotatable bonds is 0. The molecule has 5 aromatic carbocycles. The Labute approximate surface area is 507 Å². The molecule has 0 bridgehead atoms. The Morgan fingerprint density at radius 2 is 0.694 bits per heavy atom. The van der Waals surface area contributed by atoms with Gasteiger partial charge in [-0.25, -0.2) is 0 Å². The SMILES string of the molecule is Cc1cc(C)c2c(c1)Cc1nc(C)c(C)cc1-2.Cc1cc2c(cc1C)-c1cc(C)c(C)nc1C2.Cc1cc2c(nc1C)Cc1c(C)ccc(C)c1-2.Cc1cc2c(nc1C)Cc1ccc(C)c(C)c1-2.Cc1cccc2c1Cc1nc(C)c(C)c(C)c1-2. The van der Waals surface area contributed by atoms with Crippen LogP contribution in [0.1, 0.15) is 168 Å². The molecule has 0 N–H and O–H groups in total. The van der Waals surface area contributed by atoms with Gasteiger partial charge in [-0.05, 0) is 296 Å². The van der Waals surface area contributed by atoms with Crippen molar-refractivity contribution < 1.29 is 0 Å². The molecular formula is C80H85N5. The maximum Gasteiger partial charge on any atom is 0.0532 e. The fourth-order valence-electron chi connectivity index (χ4n) is 13.7. The summed E-state index contributed by atoms with van der Waals surface area (Å²) in [4.78, 5) is 23.7. The first-order chi connectivity index (χ1) is 40.4. The normalized spacial score (nSPS) is 12.5. The van der Waals surface area contributed by atoms with E-state index in [4.69, 9.17) is 24.9 Å². The van der Waals surface area contributed by atoms with E-state index in [1.165, 1.54) is 201 Å². The Bertz CT molecular complexity index is 4360. The summed E-state index contributed by atoms with van der Waals surface area (Å²) in [6, 6.07) is 33.9. The lowest BCUT2D eigenvalue weighted by Crippen LogP contribution is -1.97. The molecule has 5 heteroatoms. The number of fused-ring (bicyclic) bond motifs is 15. The summed E-state index contributed by atoms with van der Waals surface area (Å²) < 4.78 is 0. The fourth-order valence-corrected chi connectivity index (χ4v) is 13.7. The van der Waals surface area contributed by atoms with Crippen molar-refractivity contribution in [2.45, 2.75) is 171 Å². The molecule has 0 fully saturated rings. The number of hydrogen-bond donors (Lipinski definition) is 0. The van der Waals surface area contributed by atoms with Gasteiger partial charge < -0.3 is 0 Å².